The topological polar surface area (TPSA) is 149 Å². The number of rotatable bonds is 12. The maximum absolute atomic E-state index is 14.4. The molecule has 2 fully saturated rings. The number of benzene rings is 4. The molecule has 4 bridgehead atoms. The number of thiophene rings is 1. The first-order valence-corrected chi connectivity index (χ1v) is 25.1. The van der Waals surface area contributed by atoms with Crippen LogP contribution in [-0.2, 0) is 32.0 Å². The van der Waals surface area contributed by atoms with Crippen LogP contribution >= 0.6 is 34.5 Å². The van der Waals surface area contributed by atoms with E-state index < -0.39 is 12.4 Å². The van der Waals surface area contributed by atoms with Crippen molar-refractivity contribution < 1.29 is 47.1 Å². The second-order valence-electron chi connectivity index (χ2n) is 17.7. The quantitative estimate of drug-likeness (QED) is 0.107. The Morgan fingerprint density at radius 3 is 2.38 bits per heavy atom. The molecule has 11 rings (SSSR count). The van der Waals surface area contributed by atoms with Gasteiger partial charge in [-0.05, 0) is 104 Å². The zero-order valence-electron chi connectivity index (χ0n) is 39.8. The SMILES string of the molecule is Cc1c(Cl)c2c(Cl)c(C)c1-c1c(-c3ccc(F)cc3)sc3ncnc(c13)O[C@@H](OC=O)Cc1cc(ccc1OCc1ccnc(-c3ccc(OC[C@@H]4COCCO4)cc3)n1)OC[C@@H](CN1CCN(C)CC1)O2. The highest BCUT2D eigenvalue weighted by atomic mass is 35.5. The van der Waals surface area contributed by atoms with Crippen LogP contribution < -0.4 is 23.7 Å². The molecule has 7 aromatic rings. The van der Waals surface area contributed by atoms with Crippen LogP contribution in [0.4, 0.5) is 4.39 Å². The molecule has 72 heavy (non-hydrogen) atoms. The van der Waals surface area contributed by atoms with Crippen molar-refractivity contribution in [1.82, 2.24) is 29.7 Å². The summed E-state index contributed by atoms with van der Waals surface area (Å²) >= 11 is 16.1. The Hall–Kier alpha value is -6.18. The lowest BCUT2D eigenvalue weighted by atomic mass is 9.92. The van der Waals surface area contributed by atoms with E-state index in [1.165, 1.54) is 29.8 Å². The van der Waals surface area contributed by atoms with Gasteiger partial charge >= 0.3 is 0 Å². The van der Waals surface area contributed by atoms with E-state index in [9.17, 15) is 9.18 Å². The molecule has 4 aliphatic heterocycles. The molecule has 4 aromatic carbocycles. The molecule has 0 saturated carbocycles. The van der Waals surface area contributed by atoms with Crippen molar-refractivity contribution in [2.45, 2.75) is 45.4 Å². The summed E-state index contributed by atoms with van der Waals surface area (Å²) in [5.41, 5.74) is 5.45. The highest BCUT2D eigenvalue weighted by molar-refractivity contribution is 7.22. The van der Waals surface area contributed by atoms with E-state index in [0.29, 0.717) is 122 Å². The van der Waals surface area contributed by atoms with Gasteiger partial charge in [0.2, 0.25) is 12.2 Å². The van der Waals surface area contributed by atoms with E-state index in [0.717, 1.165) is 42.2 Å². The van der Waals surface area contributed by atoms with Crippen molar-refractivity contribution in [3.05, 3.63) is 124 Å². The minimum atomic E-state index is -1.22. The minimum Gasteiger partial charge on any atom is -0.491 e. The van der Waals surface area contributed by atoms with Crippen molar-refractivity contribution in [2.24, 2.45) is 0 Å². The number of aromatic nitrogens is 4. The predicted octanol–water partition coefficient (Wildman–Crippen LogP) is 9.43. The first kappa shape index (κ1) is 49.4. The molecule has 3 aromatic heterocycles. The van der Waals surface area contributed by atoms with Crippen LogP contribution in [0.25, 0.3) is 43.2 Å². The normalized spacial score (nSPS) is 18.7. The number of hydrogen-bond acceptors (Lipinski definition) is 16. The summed E-state index contributed by atoms with van der Waals surface area (Å²) in [6, 6.07) is 21.0. The lowest BCUT2D eigenvalue weighted by Gasteiger charge is -2.35. The van der Waals surface area contributed by atoms with Gasteiger partial charge in [-0.3, -0.25) is 9.69 Å². The number of carbonyl (C=O) groups excluding carboxylic acids is 1. The van der Waals surface area contributed by atoms with Gasteiger partial charge in [-0.2, -0.15) is 0 Å². The average Bonchev–Trinajstić information content (AvgIpc) is 3.79. The summed E-state index contributed by atoms with van der Waals surface area (Å²) in [5, 5.41) is 1.15. The van der Waals surface area contributed by atoms with E-state index in [4.69, 9.17) is 66.1 Å². The van der Waals surface area contributed by atoms with Gasteiger partial charge in [0, 0.05) is 60.5 Å². The van der Waals surface area contributed by atoms with Gasteiger partial charge in [0.15, 0.2) is 11.6 Å². The largest absolute Gasteiger partial charge is 0.491 e. The summed E-state index contributed by atoms with van der Waals surface area (Å²) in [5.74, 6) is 2.25. The molecule has 3 atom stereocenters. The second-order valence-corrected chi connectivity index (χ2v) is 19.5. The second kappa shape index (κ2) is 22.3. The molecule has 0 amide bonds. The number of hydrogen-bond donors (Lipinski definition) is 0. The van der Waals surface area contributed by atoms with Gasteiger partial charge < -0.3 is 42.8 Å². The van der Waals surface area contributed by atoms with Crippen LogP contribution in [0.1, 0.15) is 22.4 Å². The van der Waals surface area contributed by atoms with Crippen LogP contribution in [-0.4, -0.2) is 128 Å². The zero-order chi connectivity index (χ0) is 49.7. The number of carbonyl (C=O) groups is 1. The maximum atomic E-state index is 14.4. The molecule has 0 radical (unpaired) electrons. The third-order valence-corrected chi connectivity index (χ3v) is 14.8. The van der Waals surface area contributed by atoms with Crippen LogP contribution in [0.5, 0.6) is 28.9 Å². The van der Waals surface area contributed by atoms with E-state index in [1.807, 2.05) is 50.2 Å². The zero-order valence-corrected chi connectivity index (χ0v) is 42.1. The van der Waals surface area contributed by atoms with Crippen molar-refractivity contribution >= 4 is 51.2 Å². The number of fused-ring (bicyclic) bond motifs is 7. The summed E-state index contributed by atoms with van der Waals surface area (Å²) in [4.78, 5) is 36.9. The fourth-order valence-electron chi connectivity index (χ4n) is 8.97. The summed E-state index contributed by atoms with van der Waals surface area (Å²) in [6.45, 7) is 10.4. The van der Waals surface area contributed by atoms with Crippen molar-refractivity contribution in [3.8, 4) is 61.8 Å². The number of halogens is 3. The van der Waals surface area contributed by atoms with Crippen LogP contribution in [0.3, 0.4) is 0 Å². The van der Waals surface area contributed by atoms with Gasteiger partial charge in [-0.15, -0.1) is 11.3 Å². The van der Waals surface area contributed by atoms with Crippen molar-refractivity contribution in [3.63, 3.8) is 0 Å². The van der Waals surface area contributed by atoms with Gasteiger partial charge in [-0.1, -0.05) is 35.3 Å². The molecular weight excluding hydrogens is 987 g/mol. The van der Waals surface area contributed by atoms with Gasteiger partial charge in [0.1, 0.15) is 66.3 Å². The van der Waals surface area contributed by atoms with E-state index in [1.54, 1.807) is 30.5 Å². The molecule has 7 heterocycles. The first-order valence-electron chi connectivity index (χ1n) is 23.6. The first-order chi connectivity index (χ1) is 35.1. The third-order valence-electron chi connectivity index (χ3n) is 12.8. The molecule has 2 saturated heterocycles. The fourth-order valence-corrected chi connectivity index (χ4v) is 10.6. The highest BCUT2D eigenvalue weighted by Gasteiger charge is 2.31. The van der Waals surface area contributed by atoms with E-state index >= 15 is 0 Å². The van der Waals surface area contributed by atoms with E-state index in [2.05, 4.69) is 31.8 Å². The molecule has 0 aliphatic carbocycles. The smallest absolute Gasteiger partial charge is 0.296 e. The molecule has 19 heteroatoms. The molecule has 374 valence electrons. The van der Waals surface area contributed by atoms with E-state index in [-0.39, 0.29) is 37.4 Å². The Kier molecular flexibility index (Phi) is 15.3. The minimum absolute atomic E-state index is 0.00956. The Morgan fingerprint density at radius 1 is 0.847 bits per heavy atom. The monoisotopic (exact) mass is 1040 g/mol. The molecular formula is C53H51Cl2FN6O9S. The van der Waals surface area contributed by atoms with Crippen LogP contribution in [0, 0.1) is 19.7 Å². The number of nitrogens with zero attached hydrogens (tertiary/aromatic N) is 6. The fraction of sp³-hybridized carbons (Fsp3) is 0.340. The number of piperazine rings is 1. The lowest BCUT2D eigenvalue weighted by Crippen LogP contribution is -2.49. The summed E-state index contributed by atoms with van der Waals surface area (Å²) in [7, 11) is 2.11. The van der Waals surface area contributed by atoms with Gasteiger partial charge in [-0.25, -0.2) is 24.3 Å². The van der Waals surface area contributed by atoms with Gasteiger partial charge in [0.25, 0.3) is 6.47 Å². The molecule has 15 nitrogen and oxygen atoms in total. The Bertz CT molecular complexity index is 3020. The Balaban J connectivity index is 1.01. The van der Waals surface area contributed by atoms with Crippen molar-refractivity contribution in [1.29, 1.82) is 0 Å². The molecule has 4 aliphatic rings. The van der Waals surface area contributed by atoms with Crippen LogP contribution in [0.2, 0.25) is 10.0 Å². The summed E-state index contributed by atoms with van der Waals surface area (Å²) < 4.78 is 63.8. The Morgan fingerprint density at radius 2 is 1.62 bits per heavy atom. The third kappa shape index (κ3) is 11.1. The average molecular weight is 1040 g/mol. The van der Waals surface area contributed by atoms with Gasteiger partial charge in [0.05, 0.1) is 47.4 Å². The predicted molar refractivity (Wildman–Crippen MR) is 271 cm³/mol. The molecule has 0 N–H and O–H groups in total. The number of likely N-dealkylation sites (N-methyl/N-ethyl adjacent to an activating group) is 1. The standard InChI is InChI=1S/C53H51Cl2FN6O9S/c1-31-44-32(2)48(55)49(47(31)54)70-40(24-62-18-16-61(3)17-19-62)27-67-39-12-13-42(68-25-37-14-15-57-51(60-37)34-6-10-38(11-7-34)66-28-41-26-64-20-21-65-41)35(22-39)23-43(69-30-63)71-52-46-45(44)50(72-53(46)59-29-58-52)33-4-8-36(56)9-5-33/h4-15,22,29-30,40-41,43H,16-21,23-28H2,1-3H3/t40-,41+,43-/m1/s1. The Labute approximate surface area is 429 Å². The van der Waals surface area contributed by atoms with Crippen molar-refractivity contribution in [2.75, 3.05) is 72.8 Å². The van der Waals surface area contributed by atoms with Crippen LogP contribution in [0.15, 0.2) is 85.3 Å². The number of ether oxygens (including phenoxy) is 8. The highest BCUT2D eigenvalue weighted by Crippen LogP contribution is 2.53. The lowest BCUT2D eigenvalue weighted by molar-refractivity contribution is -0.147. The maximum Gasteiger partial charge on any atom is 0.296 e. The summed E-state index contributed by atoms with van der Waals surface area (Å²) in [6.07, 6.45) is 1.23. The molecule has 0 spiro atoms. The molecule has 0 unspecified atom stereocenters.